The Kier molecular flexibility index (Phi) is 2.12. The number of hydrogen-bond acceptors (Lipinski definition) is 6. The Bertz CT molecular complexity index is 833. The third-order valence-electron chi connectivity index (χ3n) is 4.44. The molecule has 0 aromatic carbocycles. The van der Waals surface area contributed by atoms with E-state index in [9.17, 15) is 0 Å². The van der Waals surface area contributed by atoms with Crippen LogP contribution in [-0.4, -0.2) is 20.3 Å². The van der Waals surface area contributed by atoms with Gasteiger partial charge in [-0.15, -0.1) is 10.2 Å². The van der Waals surface area contributed by atoms with Crippen molar-refractivity contribution in [3.05, 3.63) is 23.8 Å². The molecule has 0 saturated heterocycles. The summed E-state index contributed by atoms with van der Waals surface area (Å²) in [6, 6.07) is 2.00. The Morgan fingerprint density at radius 1 is 1.24 bits per heavy atom. The first kappa shape index (κ1) is 11.4. The summed E-state index contributed by atoms with van der Waals surface area (Å²) in [6.07, 6.45) is 5.19. The van der Waals surface area contributed by atoms with Gasteiger partial charge in [0.15, 0.2) is 0 Å². The van der Waals surface area contributed by atoms with E-state index in [1.54, 1.807) is 6.20 Å². The molecule has 2 aliphatic rings. The van der Waals surface area contributed by atoms with Crippen LogP contribution in [0.5, 0.6) is 0 Å². The van der Waals surface area contributed by atoms with Crippen LogP contribution in [0.25, 0.3) is 22.6 Å². The second-order valence-corrected chi connectivity index (χ2v) is 6.18. The predicted octanol–water partition coefficient (Wildman–Crippen LogP) is 3.27. The van der Waals surface area contributed by atoms with E-state index in [0.717, 1.165) is 29.0 Å². The van der Waals surface area contributed by atoms with Crippen LogP contribution < -0.4 is 0 Å². The summed E-state index contributed by atoms with van der Waals surface area (Å²) >= 11 is 0. The highest BCUT2D eigenvalue weighted by atomic mass is 16.5. The van der Waals surface area contributed by atoms with E-state index < -0.39 is 0 Å². The lowest BCUT2D eigenvalue weighted by Gasteiger charge is -1.95. The summed E-state index contributed by atoms with van der Waals surface area (Å²) in [7, 11) is 0. The average molecular weight is 282 g/mol. The fourth-order valence-corrected chi connectivity index (χ4v) is 2.79. The van der Waals surface area contributed by atoms with Gasteiger partial charge in [0.25, 0.3) is 5.71 Å². The molecule has 0 radical (unpaired) electrons. The monoisotopic (exact) mass is 282 g/mol. The Labute approximate surface area is 120 Å². The summed E-state index contributed by atoms with van der Waals surface area (Å²) in [6.45, 7) is 2.20. The minimum Gasteiger partial charge on any atom is -0.420 e. The molecule has 0 N–H and O–H groups in total. The minimum absolute atomic E-state index is 0.431. The molecule has 6 heteroatoms. The average Bonchev–Trinajstić information content (AvgIpc) is 3.37. The van der Waals surface area contributed by atoms with E-state index in [1.807, 2.05) is 6.07 Å². The van der Waals surface area contributed by atoms with Gasteiger partial charge in [-0.25, -0.2) is 4.98 Å². The number of rotatable bonds is 3. The molecular formula is C15H14N4O2. The van der Waals surface area contributed by atoms with E-state index in [2.05, 4.69) is 27.3 Å². The molecule has 0 unspecified atom stereocenters. The van der Waals surface area contributed by atoms with Crippen LogP contribution in [0.3, 0.4) is 0 Å². The molecule has 0 amide bonds. The van der Waals surface area contributed by atoms with Crippen LogP contribution in [0.4, 0.5) is 0 Å². The molecule has 2 fully saturated rings. The van der Waals surface area contributed by atoms with Gasteiger partial charge in [-0.05, 0) is 31.2 Å². The molecule has 21 heavy (non-hydrogen) atoms. The number of fused-ring (bicyclic) bond motifs is 1. The lowest BCUT2D eigenvalue weighted by atomic mass is 10.1. The van der Waals surface area contributed by atoms with Crippen molar-refractivity contribution in [3.63, 3.8) is 0 Å². The molecule has 0 spiro atoms. The van der Waals surface area contributed by atoms with Gasteiger partial charge in [0, 0.05) is 18.0 Å². The highest BCUT2D eigenvalue weighted by Crippen LogP contribution is 2.47. The third-order valence-corrected chi connectivity index (χ3v) is 4.44. The van der Waals surface area contributed by atoms with Gasteiger partial charge in [0.1, 0.15) is 0 Å². The SMILES string of the molecule is C[C@H]1C[C@H]1c1nnc(-c2cnc3onc(C4CC4)c3c2)o1. The van der Waals surface area contributed by atoms with E-state index >= 15 is 0 Å². The summed E-state index contributed by atoms with van der Waals surface area (Å²) in [5.74, 6) is 2.87. The Morgan fingerprint density at radius 2 is 2.10 bits per heavy atom. The van der Waals surface area contributed by atoms with Gasteiger partial charge < -0.3 is 8.94 Å². The molecule has 3 heterocycles. The first-order valence-electron chi connectivity index (χ1n) is 7.38. The zero-order valence-corrected chi connectivity index (χ0v) is 11.6. The van der Waals surface area contributed by atoms with E-state index in [0.29, 0.717) is 29.4 Å². The highest BCUT2D eigenvalue weighted by molar-refractivity contribution is 5.81. The van der Waals surface area contributed by atoms with Crippen molar-refractivity contribution < 1.29 is 8.94 Å². The summed E-state index contributed by atoms with van der Waals surface area (Å²) < 4.78 is 11.1. The topological polar surface area (TPSA) is 77.8 Å². The largest absolute Gasteiger partial charge is 0.420 e. The summed E-state index contributed by atoms with van der Waals surface area (Å²) in [4.78, 5) is 4.32. The van der Waals surface area contributed by atoms with Crippen molar-refractivity contribution >= 4 is 11.1 Å². The first-order chi connectivity index (χ1) is 10.3. The number of nitrogens with zero attached hydrogens (tertiary/aromatic N) is 4. The standard InChI is InChI=1S/C15H14N4O2/c1-7-4-10(7)15-18-17-13(20-15)9-5-11-12(8-2-3-8)19-21-14(11)16-6-9/h5-8,10H,2-4H2,1H3/t7-,10+/m0/s1. The summed E-state index contributed by atoms with van der Waals surface area (Å²) in [5, 5.41) is 13.4. The van der Waals surface area contributed by atoms with Crippen molar-refractivity contribution in [1.29, 1.82) is 0 Å². The van der Waals surface area contributed by atoms with Gasteiger partial charge in [-0.1, -0.05) is 12.1 Å². The summed E-state index contributed by atoms with van der Waals surface area (Å²) in [5.41, 5.74) is 2.42. The van der Waals surface area contributed by atoms with Gasteiger partial charge in [0.05, 0.1) is 16.6 Å². The third kappa shape index (κ3) is 1.78. The zero-order valence-electron chi connectivity index (χ0n) is 11.6. The molecule has 2 saturated carbocycles. The van der Waals surface area contributed by atoms with E-state index in [-0.39, 0.29) is 0 Å². The maximum atomic E-state index is 5.79. The van der Waals surface area contributed by atoms with Gasteiger partial charge in [0.2, 0.25) is 11.8 Å². The Balaban J connectivity index is 1.57. The molecule has 2 atom stereocenters. The fraction of sp³-hybridized carbons (Fsp3) is 0.467. The van der Waals surface area contributed by atoms with Crippen molar-refractivity contribution in [1.82, 2.24) is 20.3 Å². The molecule has 5 rings (SSSR count). The molecular weight excluding hydrogens is 268 g/mol. The predicted molar refractivity (Wildman–Crippen MR) is 73.6 cm³/mol. The van der Waals surface area contributed by atoms with Gasteiger partial charge in [-0.3, -0.25) is 0 Å². The number of aromatic nitrogens is 4. The lowest BCUT2D eigenvalue weighted by Crippen LogP contribution is -1.83. The first-order valence-corrected chi connectivity index (χ1v) is 7.38. The molecule has 3 aromatic heterocycles. The number of hydrogen-bond donors (Lipinski definition) is 0. The second-order valence-electron chi connectivity index (χ2n) is 6.18. The van der Waals surface area contributed by atoms with Gasteiger partial charge >= 0.3 is 0 Å². The van der Waals surface area contributed by atoms with Crippen molar-refractivity contribution in [2.24, 2.45) is 5.92 Å². The Morgan fingerprint density at radius 3 is 2.86 bits per heavy atom. The van der Waals surface area contributed by atoms with Crippen LogP contribution in [0, 0.1) is 5.92 Å². The molecule has 6 nitrogen and oxygen atoms in total. The molecule has 106 valence electrons. The zero-order chi connectivity index (χ0) is 14.0. The van der Waals surface area contributed by atoms with E-state index in [1.165, 1.54) is 12.8 Å². The quantitative estimate of drug-likeness (QED) is 0.733. The smallest absolute Gasteiger partial charge is 0.257 e. The Hall–Kier alpha value is -2.24. The maximum Gasteiger partial charge on any atom is 0.257 e. The number of pyridine rings is 1. The maximum absolute atomic E-state index is 5.79. The van der Waals surface area contributed by atoms with Crippen LogP contribution in [0.1, 0.15) is 49.6 Å². The van der Waals surface area contributed by atoms with Crippen LogP contribution in [-0.2, 0) is 0 Å². The van der Waals surface area contributed by atoms with Crippen LogP contribution >= 0.6 is 0 Å². The fourth-order valence-electron chi connectivity index (χ4n) is 2.79. The lowest BCUT2D eigenvalue weighted by molar-refractivity contribution is 0.439. The van der Waals surface area contributed by atoms with Crippen molar-refractivity contribution in [2.45, 2.75) is 38.0 Å². The van der Waals surface area contributed by atoms with Crippen molar-refractivity contribution in [2.75, 3.05) is 0 Å². The normalized spacial score (nSPS) is 24.6. The molecule has 2 aliphatic carbocycles. The van der Waals surface area contributed by atoms with Gasteiger partial charge in [-0.2, -0.15) is 0 Å². The molecule has 0 bridgehead atoms. The van der Waals surface area contributed by atoms with Crippen molar-refractivity contribution in [3.8, 4) is 11.5 Å². The molecule has 3 aromatic rings. The molecule has 0 aliphatic heterocycles. The highest BCUT2D eigenvalue weighted by Gasteiger charge is 2.38. The second kappa shape index (κ2) is 3.90. The minimum atomic E-state index is 0.431. The van der Waals surface area contributed by atoms with Crippen LogP contribution in [0.2, 0.25) is 0 Å². The van der Waals surface area contributed by atoms with Crippen LogP contribution in [0.15, 0.2) is 21.2 Å². The van der Waals surface area contributed by atoms with E-state index in [4.69, 9.17) is 8.94 Å².